The molecule has 108 valence electrons. The second-order valence-electron chi connectivity index (χ2n) is 5.48. The van der Waals surface area contributed by atoms with Crippen LogP contribution in [0, 0.1) is 5.92 Å². The van der Waals surface area contributed by atoms with Gasteiger partial charge in [-0.2, -0.15) is 0 Å². The molecule has 1 aromatic heterocycles. The van der Waals surface area contributed by atoms with Crippen molar-refractivity contribution in [3.63, 3.8) is 0 Å². The van der Waals surface area contributed by atoms with Gasteiger partial charge < -0.3 is 15.4 Å². The zero-order chi connectivity index (χ0) is 13.9. The van der Waals surface area contributed by atoms with Crippen LogP contribution in [0.4, 0.5) is 5.82 Å². The van der Waals surface area contributed by atoms with Crippen molar-refractivity contribution in [1.29, 1.82) is 0 Å². The molecule has 2 N–H and O–H groups in total. The maximum absolute atomic E-state index is 12.3. The third-order valence-corrected chi connectivity index (χ3v) is 3.88. The number of amides is 1. The van der Waals surface area contributed by atoms with Gasteiger partial charge in [0.1, 0.15) is 11.5 Å². The fraction of sp³-hybridized carbons (Fsp3) is 0.600. The Bertz CT molecular complexity index is 488. The van der Waals surface area contributed by atoms with Crippen molar-refractivity contribution in [2.24, 2.45) is 5.92 Å². The fourth-order valence-corrected chi connectivity index (χ4v) is 2.74. The number of pyridine rings is 1. The highest BCUT2D eigenvalue weighted by Crippen LogP contribution is 2.38. The lowest BCUT2D eigenvalue weighted by molar-refractivity contribution is 0.0727. The Kier molecular flexibility index (Phi) is 3.87. The number of nitrogens with one attached hydrogen (secondary N) is 2. The molecule has 20 heavy (non-hydrogen) atoms. The van der Waals surface area contributed by atoms with E-state index in [4.69, 9.17) is 4.74 Å². The smallest absolute Gasteiger partial charge is 0.270 e. The summed E-state index contributed by atoms with van der Waals surface area (Å²) >= 11 is 0. The minimum absolute atomic E-state index is 0.106. The van der Waals surface area contributed by atoms with Gasteiger partial charge in [0.05, 0.1) is 12.1 Å². The van der Waals surface area contributed by atoms with Crippen molar-refractivity contribution in [1.82, 2.24) is 10.3 Å². The SMILES string of the molecule is CCNc1cccc(C(=O)NC2CCOC2C2CC2)n1. The zero-order valence-corrected chi connectivity index (χ0v) is 11.8. The predicted molar refractivity (Wildman–Crippen MR) is 76.7 cm³/mol. The molecular formula is C15H21N3O2. The van der Waals surface area contributed by atoms with Crippen LogP contribution in [-0.2, 0) is 4.74 Å². The van der Waals surface area contributed by atoms with Crippen LogP contribution in [0.2, 0.25) is 0 Å². The van der Waals surface area contributed by atoms with Crippen molar-refractivity contribution < 1.29 is 9.53 Å². The summed E-state index contributed by atoms with van der Waals surface area (Å²) in [7, 11) is 0. The molecule has 2 fully saturated rings. The number of ether oxygens (including phenoxy) is 1. The van der Waals surface area contributed by atoms with E-state index in [1.807, 2.05) is 19.1 Å². The quantitative estimate of drug-likeness (QED) is 0.860. The molecule has 2 heterocycles. The van der Waals surface area contributed by atoms with Gasteiger partial charge in [0.2, 0.25) is 0 Å². The minimum Gasteiger partial charge on any atom is -0.376 e. The Balaban J connectivity index is 1.64. The minimum atomic E-state index is -0.106. The van der Waals surface area contributed by atoms with Crippen molar-refractivity contribution in [2.75, 3.05) is 18.5 Å². The first kappa shape index (κ1) is 13.4. The molecule has 0 aromatic carbocycles. The zero-order valence-electron chi connectivity index (χ0n) is 11.8. The van der Waals surface area contributed by atoms with E-state index >= 15 is 0 Å². The van der Waals surface area contributed by atoms with Gasteiger partial charge in [-0.05, 0) is 44.2 Å². The van der Waals surface area contributed by atoms with E-state index in [0.29, 0.717) is 11.6 Å². The van der Waals surface area contributed by atoms with Gasteiger partial charge >= 0.3 is 0 Å². The average molecular weight is 275 g/mol. The molecule has 5 heteroatoms. The molecular weight excluding hydrogens is 254 g/mol. The lowest BCUT2D eigenvalue weighted by atomic mass is 10.1. The molecule has 2 atom stereocenters. The molecule has 1 saturated heterocycles. The van der Waals surface area contributed by atoms with E-state index in [0.717, 1.165) is 25.4 Å². The van der Waals surface area contributed by atoms with Crippen LogP contribution in [0.25, 0.3) is 0 Å². The lowest BCUT2D eigenvalue weighted by Gasteiger charge is -2.19. The van der Waals surface area contributed by atoms with Crippen LogP contribution in [0.3, 0.4) is 0 Å². The highest BCUT2D eigenvalue weighted by molar-refractivity contribution is 5.92. The largest absolute Gasteiger partial charge is 0.376 e. The fourth-order valence-electron chi connectivity index (χ4n) is 2.74. The molecule has 1 aromatic rings. The Hall–Kier alpha value is -1.62. The molecule has 5 nitrogen and oxygen atoms in total. The van der Waals surface area contributed by atoms with Crippen LogP contribution < -0.4 is 10.6 Å². The van der Waals surface area contributed by atoms with Crippen molar-refractivity contribution in [2.45, 2.75) is 38.3 Å². The number of nitrogens with zero attached hydrogens (tertiary/aromatic N) is 1. The highest BCUT2D eigenvalue weighted by atomic mass is 16.5. The van der Waals surface area contributed by atoms with Gasteiger partial charge in [0.15, 0.2) is 0 Å². The first-order valence-corrected chi connectivity index (χ1v) is 7.41. The number of anilines is 1. The van der Waals surface area contributed by atoms with Crippen LogP contribution in [0.1, 0.15) is 36.7 Å². The maximum Gasteiger partial charge on any atom is 0.270 e. The van der Waals surface area contributed by atoms with Gasteiger partial charge in [-0.3, -0.25) is 4.79 Å². The van der Waals surface area contributed by atoms with Gasteiger partial charge in [-0.15, -0.1) is 0 Å². The van der Waals surface area contributed by atoms with Crippen LogP contribution in [-0.4, -0.2) is 36.2 Å². The lowest BCUT2D eigenvalue weighted by Crippen LogP contribution is -2.41. The van der Waals surface area contributed by atoms with Crippen LogP contribution in [0.15, 0.2) is 18.2 Å². The molecule has 1 amide bonds. The summed E-state index contributed by atoms with van der Waals surface area (Å²) < 4.78 is 5.74. The normalized spacial score (nSPS) is 25.4. The molecule has 2 aliphatic rings. The second-order valence-corrected chi connectivity index (χ2v) is 5.48. The molecule has 1 aliphatic heterocycles. The summed E-state index contributed by atoms with van der Waals surface area (Å²) in [6.45, 7) is 3.54. The van der Waals surface area contributed by atoms with Crippen molar-refractivity contribution >= 4 is 11.7 Å². The van der Waals surface area contributed by atoms with E-state index in [1.54, 1.807) is 6.07 Å². The number of aromatic nitrogens is 1. The summed E-state index contributed by atoms with van der Waals surface area (Å²) in [5.74, 6) is 1.27. The summed E-state index contributed by atoms with van der Waals surface area (Å²) in [6, 6.07) is 5.60. The summed E-state index contributed by atoms with van der Waals surface area (Å²) in [4.78, 5) is 16.6. The maximum atomic E-state index is 12.3. The molecule has 3 rings (SSSR count). The van der Waals surface area contributed by atoms with E-state index in [1.165, 1.54) is 12.8 Å². The highest BCUT2D eigenvalue weighted by Gasteiger charge is 2.41. The monoisotopic (exact) mass is 275 g/mol. The molecule has 0 radical (unpaired) electrons. The number of hydrogen-bond acceptors (Lipinski definition) is 4. The Morgan fingerprint density at radius 2 is 2.25 bits per heavy atom. The van der Waals surface area contributed by atoms with E-state index < -0.39 is 0 Å². The molecule has 0 bridgehead atoms. The van der Waals surface area contributed by atoms with Crippen molar-refractivity contribution in [3.05, 3.63) is 23.9 Å². The van der Waals surface area contributed by atoms with Gasteiger partial charge in [0, 0.05) is 13.2 Å². The molecule has 1 aliphatic carbocycles. The second kappa shape index (κ2) is 5.79. The number of rotatable bonds is 5. The standard InChI is InChI=1S/C15H21N3O2/c1-2-16-13-5-3-4-12(17-13)15(19)18-11-8-9-20-14(11)10-6-7-10/h3-5,10-11,14H,2,6-9H2,1H3,(H,16,17)(H,18,19). The van der Waals surface area contributed by atoms with Crippen molar-refractivity contribution in [3.8, 4) is 0 Å². The first-order valence-electron chi connectivity index (χ1n) is 7.41. The van der Waals surface area contributed by atoms with Crippen LogP contribution in [0.5, 0.6) is 0 Å². The van der Waals surface area contributed by atoms with E-state index in [2.05, 4.69) is 15.6 Å². The predicted octanol–water partition coefficient (Wildman–Crippen LogP) is 1.81. The molecule has 1 saturated carbocycles. The Morgan fingerprint density at radius 1 is 1.40 bits per heavy atom. The third kappa shape index (κ3) is 2.93. The number of carbonyl (C=O) groups is 1. The Labute approximate surface area is 119 Å². The summed E-state index contributed by atoms with van der Waals surface area (Å²) in [5, 5.41) is 6.20. The van der Waals surface area contributed by atoms with Gasteiger partial charge in [-0.25, -0.2) is 4.98 Å². The van der Waals surface area contributed by atoms with E-state index in [-0.39, 0.29) is 18.1 Å². The number of hydrogen-bond donors (Lipinski definition) is 2. The third-order valence-electron chi connectivity index (χ3n) is 3.88. The topological polar surface area (TPSA) is 63.2 Å². The first-order chi connectivity index (χ1) is 9.78. The van der Waals surface area contributed by atoms with Gasteiger partial charge in [0.25, 0.3) is 5.91 Å². The summed E-state index contributed by atoms with van der Waals surface area (Å²) in [6.07, 6.45) is 3.56. The average Bonchev–Trinajstić information content (AvgIpc) is 3.20. The Morgan fingerprint density at radius 3 is 3.00 bits per heavy atom. The molecule has 0 spiro atoms. The van der Waals surface area contributed by atoms with Gasteiger partial charge in [-0.1, -0.05) is 6.07 Å². The van der Waals surface area contributed by atoms with Crippen LogP contribution >= 0.6 is 0 Å². The van der Waals surface area contributed by atoms with E-state index in [9.17, 15) is 4.79 Å². The summed E-state index contributed by atoms with van der Waals surface area (Å²) in [5.41, 5.74) is 0.463. The number of carbonyl (C=O) groups excluding carboxylic acids is 1. The molecule has 2 unspecified atom stereocenters.